The van der Waals surface area contributed by atoms with Gasteiger partial charge in [-0.25, -0.2) is 9.59 Å². The SMILES string of the molecule is C=CCO[C@H]1[C@H](C)[C@@H](O[C@@H]2O[C@H](C)C[C@H](N(C)C)[C@H]2OC(C)=O)[C@](C)(OC)C[C@@H](C)/C(=N\OC(C)=O)[C@H](C)[C@H]2OC(=O)O[C@]2(C)[C@@H](CC)OC(=O)[C@@H]1C. The molecule has 15 heteroatoms. The third-order valence-electron chi connectivity index (χ3n) is 10.9. The summed E-state index contributed by atoms with van der Waals surface area (Å²) in [5.74, 6) is -4.38. The maximum Gasteiger partial charge on any atom is 0.509 e. The lowest BCUT2D eigenvalue weighted by molar-refractivity contribution is -0.304. The normalized spacial score (nSPS) is 40.7. The van der Waals surface area contributed by atoms with Gasteiger partial charge in [0.05, 0.1) is 48.2 Å². The summed E-state index contributed by atoms with van der Waals surface area (Å²) in [6.45, 7) is 21.1. The van der Waals surface area contributed by atoms with Gasteiger partial charge in [-0.2, -0.15) is 0 Å². The first-order valence-corrected chi connectivity index (χ1v) is 18.5. The fourth-order valence-corrected chi connectivity index (χ4v) is 8.27. The van der Waals surface area contributed by atoms with Crippen molar-refractivity contribution in [1.82, 2.24) is 4.90 Å². The van der Waals surface area contributed by atoms with Crippen LogP contribution in [0.1, 0.15) is 88.5 Å². The summed E-state index contributed by atoms with van der Waals surface area (Å²) < 4.78 is 49.7. The molecule has 0 aliphatic carbocycles. The molecule has 0 aromatic heterocycles. The van der Waals surface area contributed by atoms with Crippen molar-refractivity contribution in [3.8, 4) is 0 Å². The molecule has 0 aromatic rings. The quantitative estimate of drug-likeness (QED) is 0.0978. The van der Waals surface area contributed by atoms with E-state index in [1.165, 1.54) is 13.8 Å². The molecule has 302 valence electrons. The lowest BCUT2D eigenvalue weighted by atomic mass is 9.73. The topological polar surface area (TPSA) is 167 Å². The van der Waals surface area contributed by atoms with Gasteiger partial charge in [-0.3, -0.25) is 9.59 Å². The van der Waals surface area contributed by atoms with E-state index >= 15 is 0 Å². The highest BCUT2D eigenvalue weighted by atomic mass is 16.8. The number of oxime groups is 1. The molecule has 3 saturated heterocycles. The van der Waals surface area contributed by atoms with Crippen LogP contribution in [0, 0.1) is 23.7 Å². The number of esters is 2. The molecule has 0 N–H and O–H groups in total. The van der Waals surface area contributed by atoms with E-state index in [1.807, 2.05) is 53.6 Å². The van der Waals surface area contributed by atoms with Crippen molar-refractivity contribution in [2.45, 2.75) is 149 Å². The Balaban J connectivity index is 2.29. The highest BCUT2D eigenvalue weighted by molar-refractivity contribution is 5.90. The number of hydrogen-bond acceptors (Lipinski definition) is 15. The second-order valence-electron chi connectivity index (χ2n) is 15.4. The number of carbonyl (C=O) groups is 4. The average molecular weight is 755 g/mol. The number of fused-ring (bicyclic) bond motifs is 1. The molecule has 3 heterocycles. The average Bonchev–Trinajstić information content (AvgIpc) is 3.39. The van der Waals surface area contributed by atoms with Crippen molar-refractivity contribution in [1.29, 1.82) is 0 Å². The van der Waals surface area contributed by atoms with Crippen LogP contribution >= 0.6 is 0 Å². The number of rotatable bonds is 10. The molecule has 0 saturated carbocycles. The number of hydrogen-bond donors (Lipinski definition) is 0. The van der Waals surface area contributed by atoms with Crippen LogP contribution in [0.25, 0.3) is 0 Å². The number of nitrogens with zero attached hydrogens (tertiary/aromatic N) is 2. The van der Waals surface area contributed by atoms with Crippen molar-refractivity contribution < 1.29 is 61.9 Å². The van der Waals surface area contributed by atoms with Crippen LogP contribution in [0.15, 0.2) is 17.8 Å². The summed E-state index contributed by atoms with van der Waals surface area (Å²) in [4.78, 5) is 58.7. The Morgan fingerprint density at radius 3 is 2.23 bits per heavy atom. The van der Waals surface area contributed by atoms with E-state index in [1.54, 1.807) is 34.0 Å². The predicted octanol–water partition coefficient (Wildman–Crippen LogP) is 4.83. The fraction of sp³-hybridized carbons (Fsp3) is 0.816. The lowest BCUT2D eigenvalue weighted by Gasteiger charge is -2.49. The van der Waals surface area contributed by atoms with Crippen LogP contribution in [0.3, 0.4) is 0 Å². The maximum atomic E-state index is 14.2. The monoisotopic (exact) mass is 754 g/mol. The van der Waals surface area contributed by atoms with Crippen molar-refractivity contribution in [2.75, 3.05) is 27.8 Å². The van der Waals surface area contributed by atoms with Gasteiger partial charge in [0.15, 0.2) is 24.1 Å². The van der Waals surface area contributed by atoms with Crippen LogP contribution in [0.5, 0.6) is 0 Å². The van der Waals surface area contributed by atoms with E-state index in [0.717, 1.165) is 0 Å². The zero-order valence-corrected chi connectivity index (χ0v) is 33.7. The molecule has 3 fully saturated rings. The van der Waals surface area contributed by atoms with Gasteiger partial charge in [0.25, 0.3) is 0 Å². The highest BCUT2D eigenvalue weighted by Gasteiger charge is 2.59. The van der Waals surface area contributed by atoms with Gasteiger partial charge in [0, 0.05) is 38.7 Å². The zero-order chi connectivity index (χ0) is 40.0. The van der Waals surface area contributed by atoms with Gasteiger partial charge in [-0.15, -0.1) is 6.58 Å². The molecule has 3 aliphatic rings. The first kappa shape index (κ1) is 44.3. The third-order valence-corrected chi connectivity index (χ3v) is 10.9. The molecule has 15 nitrogen and oxygen atoms in total. The predicted molar refractivity (Wildman–Crippen MR) is 193 cm³/mol. The minimum absolute atomic E-state index is 0.105. The molecule has 0 spiro atoms. The Hall–Kier alpha value is -3.11. The molecule has 0 aromatic carbocycles. The van der Waals surface area contributed by atoms with Crippen LogP contribution < -0.4 is 0 Å². The largest absolute Gasteiger partial charge is 0.509 e. The molecule has 0 radical (unpaired) electrons. The molecule has 0 amide bonds. The Morgan fingerprint density at radius 2 is 1.68 bits per heavy atom. The Labute approximate surface area is 314 Å². The second kappa shape index (κ2) is 18.5. The van der Waals surface area contributed by atoms with Crippen LogP contribution in [0.2, 0.25) is 0 Å². The molecule has 0 unspecified atom stereocenters. The standard InChI is InChI=1S/C38H62N2O13/c1-15-17-46-30-23(6)32(50-35-31(48-25(8)41)27(40(12)13)18-21(4)47-35)37(10,45-14)19-20(3)29(39-53-26(9)42)22(5)33-38(11,52-36(44)51-33)28(16-2)49-34(43)24(30)7/h15,20-24,27-28,30-33,35H,1,16-19H2,2-14H3/b39-29+/t20-,21-,22+,23+,24-,27+,28-,30+,31-,32-,33-,35+,37-,38-/m1/s1. The summed E-state index contributed by atoms with van der Waals surface area (Å²) in [5, 5.41) is 4.30. The summed E-state index contributed by atoms with van der Waals surface area (Å²) in [5.41, 5.74) is -2.23. The van der Waals surface area contributed by atoms with E-state index in [9.17, 15) is 19.2 Å². The summed E-state index contributed by atoms with van der Waals surface area (Å²) in [7, 11) is 5.36. The van der Waals surface area contributed by atoms with Gasteiger partial charge in [0.1, 0.15) is 6.10 Å². The first-order chi connectivity index (χ1) is 24.7. The molecule has 0 bridgehead atoms. The van der Waals surface area contributed by atoms with Crippen LogP contribution in [-0.2, 0) is 57.1 Å². The molecule has 53 heavy (non-hydrogen) atoms. The minimum Gasteiger partial charge on any atom is -0.458 e. The zero-order valence-electron chi connectivity index (χ0n) is 33.7. The number of ether oxygens (including phenoxy) is 8. The molecule has 14 atom stereocenters. The van der Waals surface area contributed by atoms with E-state index in [4.69, 9.17) is 42.7 Å². The second-order valence-corrected chi connectivity index (χ2v) is 15.4. The van der Waals surface area contributed by atoms with Gasteiger partial charge in [-0.1, -0.05) is 38.9 Å². The summed E-state index contributed by atoms with van der Waals surface area (Å²) in [6.07, 6.45) is -3.99. The Bertz CT molecular complexity index is 1340. The minimum atomic E-state index is -1.43. The molecular weight excluding hydrogens is 692 g/mol. The van der Waals surface area contributed by atoms with Crippen molar-refractivity contribution in [2.24, 2.45) is 28.8 Å². The molecule has 3 aliphatic heterocycles. The van der Waals surface area contributed by atoms with Crippen molar-refractivity contribution in [3.63, 3.8) is 0 Å². The summed E-state index contributed by atoms with van der Waals surface area (Å²) >= 11 is 0. The van der Waals surface area contributed by atoms with Crippen molar-refractivity contribution >= 4 is 29.8 Å². The van der Waals surface area contributed by atoms with E-state index in [-0.39, 0.29) is 31.6 Å². The van der Waals surface area contributed by atoms with E-state index < -0.39 is 95.7 Å². The van der Waals surface area contributed by atoms with E-state index in [0.29, 0.717) is 12.1 Å². The van der Waals surface area contributed by atoms with Crippen LogP contribution in [0.4, 0.5) is 4.79 Å². The third kappa shape index (κ3) is 10.2. The fourth-order valence-electron chi connectivity index (χ4n) is 8.27. The van der Waals surface area contributed by atoms with Gasteiger partial charge in [0.2, 0.25) is 0 Å². The smallest absolute Gasteiger partial charge is 0.458 e. The first-order valence-electron chi connectivity index (χ1n) is 18.5. The Morgan fingerprint density at radius 1 is 1.02 bits per heavy atom. The van der Waals surface area contributed by atoms with Crippen molar-refractivity contribution in [3.05, 3.63) is 12.7 Å². The van der Waals surface area contributed by atoms with Gasteiger partial charge >= 0.3 is 24.1 Å². The summed E-state index contributed by atoms with van der Waals surface area (Å²) in [6, 6.07) is -0.240. The highest BCUT2D eigenvalue weighted by Crippen LogP contribution is 2.43. The number of cyclic esters (lactones) is 1. The number of methoxy groups -OCH3 is 1. The Kier molecular flexibility index (Phi) is 15.4. The molecular formula is C38H62N2O13. The van der Waals surface area contributed by atoms with E-state index in [2.05, 4.69) is 11.7 Å². The number of carbonyl (C=O) groups excluding carboxylic acids is 4. The lowest BCUT2D eigenvalue weighted by Crippen LogP contribution is -2.61. The van der Waals surface area contributed by atoms with Gasteiger partial charge < -0.3 is 47.6 Å². The number of likely N-dealkylation sites (N-methyl/N-ethyl adjacent to an activating group) is 1. The van der Waals surface area contributed by atoms with Crippen LogP contribution in [-0.4, -0.2) is 123 Å². The van der Waals surface area contributed by atoms with Gasteiger partial charge in [-0.05, 0) is 61.1 Å². The maximum absolute atomic E-state index is 14.2. The molecule has 3 rings (SSSR count).